The van der Waals surface area contributed by atoms with Gasteiger partial charge in [-0.3, -0.25) is 14.9 Å². The van der Waals surface area contributed by atoms with Gasteiger partial charge >= 0.3 is 0 Å². The van der Waals surface area contributed by atoms with E-state index in [9.17, 15) is 9.59 Å². The molecule has 0 aliphatic heterocycles. The van der Waals surface area contributed by atoms with Crippen LogP contribution >= 0.6 is 23.1 Å². The number of rotatable bonds is 8. The fourth-order valence-electron chi connectivity index (χ4n) is 2.51. The number of carbonyl (C=O) groups is 2. The number of aromatic nitrogens is 2. The van der Waals surface area contributed by atoms with E-state index in [2.05, 4.69) is 20.8 Å². The van der Waals surface area contributed by atoms with Crippen LogP contribution in [0.15, 0.2) is 45.2 Å². The lowest BCUT2D eigenvalue weighted by molar-refractivity contribution is -0.118. The summed E-state index contributed by atoms with van der Waals surface area (Å²) in [6.07, 6.45) is 0.791. The number of nitrogens with one attached hydrogen (secondary N) is 2. The van der Waals surface area contributed by atoms with Crippen LogP contribution in [-0.4, -0.2) is 34.3 Å². The molecule has 0 atom stereocenters. The monoisotopic (exact) mass is 416 g/mol. The van der Waals surface area contributed by atoms with Crippen LogP contribution in [0.5, 0.6) is 0 Å². The molecule has 0 radical (unpaired) electrons. The molecule has 1 aromatic carbocycles. The highest BCUT2D eigenvalue weighted by Crippen LogP contribution is 2.26. The Hall–Kier alpha value is -2.65. The lowest BCUT2D eigenvalue weighted by Crippen LogP contribution is -2.27. The first kappa shape index (κ1) is 20.1. The Labute approximate surface area is 170 Å². The number of thioether (sulfide) groups is 1. The summed E-state index contributed by atoms with van der Waals surface area (Å²) in [4.78, 5) is 24.2. The van der Waals surface area contributed by atoms with Gasteiger partial charge in [0.2, 0.25) is 11.0 Å². The summed E-state index contributed by atoms with van der Waals surface area (Å²) >= 11 is 2.52. The Morgan fingerprint density at radius 2 is 1.96 bits per heavy atom. The van der Waals surface area contributed by atoms with E-state index < -0.39 is 0 Å². The number of aryl methyl sites for hydroxylation is 2. The minimum Gasteiger partial charge on any atom is -0.466 e. The zero-order valence-electron chi connectivity index (χ0n) is 15.5. The Kier molecular flexibility index (Phi) is 6.83. The van der Waals surface area contributed by atoms with Crippen LogP contribution in [0.1, 0.15) is 27.4 Å². The molecule has 0 bridgehead atoms. The fraction of sp³-hybridized carbons (Fsp3) is 0.263. The molecule has 0 unspecified atom stereocenters. The molecule has 7 nitrogen and oxygen atoms in total. The third-order valence-corrected chi connectivity index (χ3v) is 5.79. The Morgan fingerprint density at radius 1 is 1.18 bits per heavy atom. The number of anilines is 1. The first-order valence-corrected chi connectivity index (χ1v) is 10.5. The van der Waals surface area contributed by atoms with Crippen LogP contribution in [0.3, 0.4) is 0 Å². The standard InChI is InChI=1S/C19H20N4O3S2/c1-12-10-15(13(2)26-12)17(25)21-18-22-23-19(28-18)27-11-16(24)20-9-8-14-6-4-3-5-7-14/h3-7,10H,8-9,11H2,1-2H3,(H,20,24)(H,21,22,25). The molecule has 3 aromatic rings. The maximum Gasteiger partial charge on any atom is 0.261 e. The summed E-state index contributed by atoms with van der Waals surface area (Å²) in [7, 11) is 0. The average molecular weight is 417 g/mol. The molecule has 2 aromatic heterocycles. The van der Waals surface area contributed by atoms with Crippen LogP contribution in [0, 0.1) is 13.8 Å². The summed E-state index contributed by atoms with van der Waals surface area (Å²) in [5.74, 6) is 1.12. The second-order valence-corrected chi connectivity index (χ2v) is 8.23. The van der Waals surface area contributed by atoms with Crippen molar-refractivity contribution in [1.82, 2.24) is 15.5 Å². The van der Waals surface area contributed by atoms with Gasteiger partial charge in [-0.2, -0.15) is 0 Å². The van der Waals surface area contributed by atoms with Gasteiger partial charge in [-0.25, -0.2) is 0 Å². The highest BCUT2D eigenvalue weighted by atomic mass is 32.2. The van der Waals surface area contributed by atoms with Gasteiger partial charge < -0.3 is 9.73 Å². The van der Waals surface area contributed by atoms with Gasteiger partial charge in [0.15, 0.2) is 4.34 Å². The molecule has 2 N–H and O–H groups in total. The van der Waals surface area contributed by atoms with E-state index in [0.29, 0.717) is 33.1 Å². The maximum atomic E-state index is 12.3. The molecule has 0 fully saturated rings. The van der Waals surface area contributed by atoms with Crippen molar-refractivity contribution in [3.05, 3.63) is 59.0 Å². The van der Waals surface area contributed by atoms with E-state index in [0.717, 1.165) is 6.42 Å². The Balaban J connectivity index is 1.42. The van der Waals surface area contributed by atoms with Crippen LogP contribution in [0.2, 0.25) is 0 Å². The van der Waals surface area contributed by atoms with E-state index in [1.807, 2.05) is 30.3 Å². The highest BCUT2D eigenvalue weighted by molar-refractivity contribution is 8.01. The van der Waals surface area contributed by atoms with E-state index in [1.54, 1.807) is 19.9 Å². The molecular weight excluding hydrogens is 396 g/mol. The normalized spacial score (nSPS) is 10.6. The molecule has 2 amide bonds. The van der Waals surface area contributed by atoms with Gasteiger partial charge in [0.05, 0.1) is 11.3 Å². The SMILES string of the molecule is Cc1cc(C(=O)Nc2nnc(SCC(=O)NCCc3ccccc3)s2)c(C)o1. The van der Waals surface area contributed by atoms with Crippen molar-refractivity contribution in [3.63, 3.8) is 0 Å². The van der Waals surface area contributed by atoms with Gasteiger partial charge in [0.1, 0.15) is 11.5 Å². The molecule has 28 heavy (non-hydrogen) atoms. The summed E-state index contributed by atoms with van der Waals surface area (Å²) in [6, 6.07) is 11.7. The van der Waals surface area contributed by atoms with Crippen LogP contribution in [0.4, 0.5) is 5.13 Å². The van der Waals surface area contributed by atoms with Gasteiger partial charge in [-0.05, 0) is 31.9 Å². The third kappa shape index (κ3) is 5.67. The predicted molar refractivity (Wildman–Crippen MR) is 110 cm³/mol. The number of amides is 2. The van der Waals surface area contributed by atoms with Gasteiger partial charge in [0, 0.05) is 6.54 Å². The summed E-state index contributed by atoms with van der Waals surface area (Å²) in [5.41, 5.74) is 1.66. The molecule has 3 rings (SSSR count). The molecule has 9 heteroatoms. The zero-order chi connectivity index (χ0) is 19.9. The summed E-state index contributed by atoms with van der Waals surface area (Å²) in [6.45, 7) is 4.11. The van der Waals surface area contributed by atoms with Crippen molar-refractivity contribution >= 4 is 40.0 Å². The number of nitrogens with zero attached hydrogens (tertiary/aromatic N) is 2. The highest BCUT2D eigenvalue weighted by Gasteiger charge is 2.16. The maximum absolute atomic E-state index is 12.3. The predicted octanol–water partition coefficient (Wildman–Crippen LogP) is 3.45. The first-order valence-electron chi connectivity index (χ1n) is 8.66. The molecule has 146 valence electrons. The van der Waals surface area contributed by atoms with Crippen molar-refractivity contribution in [2.45, 2.75) is 24.6 Å². The second-order valence-electron chi connectivity index (χ2n) is 6.03. The minimum atomic E-state index is -0.291. The average Bonchev–Trinajstić information content (AvgIpc) is 3.26. The van der Waals surface area contributed by atoms with Gasteiger partial charge in [-0.15, -0.1) is 10.2 Å². The molecule has 2 heterocycles. The van der Waals surface area contributed by atoms with Crippen molar-refractivity contribution < 1.29 is 14.0 Å². The van der Waals surface area contributed by atoms with E-state index in [-0.39, 0.29) is 17.6 Å². The second kappa shape index (κ2) is 9.52. The molecular formula is C19H20N4O3S2. The lowest BCUT2D eigenvalue weighted by Gasteiger charge is -2.04. The molecule has 0 saturated carbocycles. The van der Waals surface area contributed by atoms with E-state index in [1.165, 1.54) is 28.7 Å². The van der Waals surface area contributed by atoms with Gasteiger partial charge in [-0.1, -0.05) is 53.4 Å². The first-order chi connectivity index (χ1) is 13.5. The van der Waals surface area contributed by atoms with E-state index >= 15 is 0 Å². The van der Waals surface area contributed by atoms with Crippen molar-refractivity contribution in [2.24, 2.45) is 0 Å². The number of hydrogen-bond donors (Lipinski definition) is 2. The number of furan rings is 1. The summed E-state index contributed by atoms with van der Waals surface area (Å²) in [5, 5.41) is 13.9. The van der Waals surface area contributed by atoms with Crippen LogP contribution in [-0.2, 0) is 11.2 Å². The molecule has 0 aliphatic carbocycles. The molecule has 0 saturated heterocycles. The van der Waals surface area contributed by atoms with Crippen LogP contribution in [0.25, 0.3) is 0 Å². The van der Waals surface area contributed by atoms with E-state index in [4.69, 9.17) is 4.42 Å². The smallest absolute Gasteiger partial charge is 0.261 e. The van der Waals surface area contributed by atoms with Crippen molar-refractivity contribution in [3.8, 4) is 0 Å². The minimum absolute atomic E-state index is 0.0637. The quantitative estimate of drug-likeness (QED) is 0.431. The molecule has 0 aliphatic rings. The fourth-order valence-corrected chi connectivity index (χ4v) is 4.09. The topological polar surface area (TPSA) is 97.1 Å². The van der Waals surface area contributed by atoms with Crippen LogP contribution < -0.4 is 10.6 Å². The zero-order valence-corrected chi connectivity index (χ0v) is 17.2. The number of carbonyl (C=O) groups excluding carboxylic acids is 2. The summed E-state index contributed by atoms with van der Waals surface area (Å²) < 4.78 is 5.98. The number of benzene rings is 1. The Bertz CT molecular complexity index is 953. The van der Waals surface area contributed by atoms with Gasteiger partial charge in [0.25, 0.3) is 5.91 Å². The van der Waals surface area contributed by atoms with Crippen molar-refractivity contribution in [2.75, 3.05) is 17.6 Å². The Morgan fingerprint density at radius 3 is 2.68 bits per heavy atom. The number of hydrogen-bond acceptors (Lipinski definition) is 7. The molecule has 0 spiro atoms. The lowest BCUT2D eigenvalue weighted by atomic mass is 10.1. The van der Waals surface area contributed by atoms with Crippen molar-refractivity contribution in [1.29, 1.82) is 0 Å². The third-order valence-electron chi connectivity index (χ3n) is 3.82. The largest absolute Gasteiger partial charge is 0.466 e.